The molecule has 0 aromatic carbocycles. The van der Waals surface area contributed by atoms with Gasteiger partial charge in [-0.1, -0.05) is 19.4 Å². The highest BCUT2D eigenvalue weighted by Crippen LogP contribution is 2.33. The standard InChI is InChI=1S/C11H21NS2/c1-5-13-11(14-6-2)10-7-8(3)9(4)12-10/h10-12H,5-7H2,1-4H3/t10-/m0/s1. The second-order valence-electron chi connectivity index (χ2n) is 3.64. The molecule has 0 radical (unpaired) electrons. The van der Waals surface area contributed by atoms with Gasteiger partial charge in [0.25, 0.3) is 0 Å². The van der Waals surface area contributed by atoms with Crippen molar-refractivity contribution in [1.82, 2.24) is 5.32 Å². The van der Waals surface area contributed by atoms with Gasteiger partial charge in [0.1, 0.15) is 0 Å². The average molecular weight is 231 g/mol. The third kappa shape index (κ3) is 3.13. The molecule has 0 amide bonds. The Morgan fingerprint density at radius 2 is 1.86 bits per heavy atom. The van der Waals surface area contributed by atoms with Crippen LogP contribution >= 0.6 is 23.5 Å². The van der Waals surface area contributed by atoms with E-state index in [1.54, 1.807) is 0 Å². The van der Waals surface area contributed by atoms with Crippen LogP contribution in [0.2, 0.25) is 0 Å². The van der Waals surface area contributed by atoms with Crippen LogP contribution in [0.5, 0.6) is 0 Å². The Morgan fingerprint density at radius 3 is 2.21 bits per heavy atom. The molecule has 0 saturated carbocycles. The van der Waals surface area contributed by atoms with E-state index in [-0.39, 0.29) is 0 Å². The first-order valence-electron chi connectivity index (χ1n) is 5.35. The van der Waals surface area contributed by atoms with Gasteiger partial charge in [0.05, 0.1) is 10.6 Å². The Labute approximate surface area is 96.5 Å². The normalized spacial score (nSPS) is 21.9. The summed E-state index contributed by atoms with van der Waals surface area (Å²) >= 11 is 4.15. The molecule has 3 heteroatoms. The van der Waals surface area contributed by atoms with Crippen LogP contribution in [0.15, 0.2) is 11.3 Å². The molecule has 1 heterocycles. The summed E-state index contributed by atoms with van der Waals surface area (Å²) in [4.78, 5) is 0. The molecule has 0 saturated heterocycles. The first-order valence-corrected chi connectivity index (χ1v) is 7.44. The van der Waals surface area contributed by atoms with Crippen LogP contribution in [0.25, 0.3) is 0 Å². The van der Waals surface area contributed by atoms with E-state index in [1.807, 2.05) is 0 Å². The molecule has 1 rings (SSSR count). The molecule has 0 bridgehead atoms. The monoisotopic (exact) mass is 231 g/mol. The summed E-state index contributed by atoms with van der Waals surface area (Å²) in [7, 11) is 0. The van der Waals surface area contributed by atoms with Crippen LogP contribution in [0.3, 0.4) is 0 Å². The van der Waals surface area contributed by atoms with Crippen molar-refractivity contribution in [3.63, 3.8) is 0 Å². The number of hydrogen-bond donors (Lipinski definition) is 1. The van der Waals surface area contributed by atoms with Gasteiger partial charge in [-0.3, -0.25) is 0 Å². The minimum absolute atomic E-state index is 0.657. The Kier molecular flexibility index (Phi) is 5.24. The van der Waals surface area contributed by atoms with Gasteiger partial charge in [-0.2, -0.15) is 0 Å². The van der Waals surface area contributed by atoms with Gasteiger partial charge in [0.2, 0.25) is 0 Å². The second-order valence-corrected chi connectivity index (χ2v) is 6.77. The summed E-state index contributed by atoms with van der Waals surface area (Å²) in [6.45, 7) is 8.93. The molecule has 1 aliphatic heterocycles. The maximum Gasteiger partial charge on any atom is 0.0706 e. The second kappa shape index (κ2) is 5.96. The minimum Gasteiger partial charge on any atom is -0.384 e. The number of rotatable bonds is 5. The van der Waals surface area contributed by atoms with Crippen LogP contribution in [0, 0.1) is 0 Å². The topological polar surface area (TPSA) is 12.0 Å². The zero-order valence-corrected chi connectivity index (χ0v) is 11.2. The Morgan fingerprint density at radius 1 is 1.29 bits per heavy atom. The van der Waals surface area contributed by atoms with Crippen molar-refractivity contribution in [2.24, 2.45) is 0 Å². The van der Waals surface area contributed by atoms with Crippen LogP contribution in [-0.4, -0.2) is 22.1 Å². The fourth-order valence-electron chi connectivity index (χ4n) is 1.71. The molecule has 0 aromatic heterocycles. The molecule has 1 nitrogen and oxygen atoms in total. The third-order valence-corrected chi connectivity index (χ3v) is 5.36. The average Bonchev–Trinajstić information content (AvgIpc) is 2.47. The molecule has 0 spiro atoms. The molecular weight excluding hydrogens is 210 g/mol. The van der Waals surface area contributed by atoms with Crippen molar-refractivity contribution < 1.29 is 0 Å². The Hall–Kier alpha value is 0.240. The van der Waals surface area contributed by atoms with Gasteiger partial charge in [-0.05, 0) is 31.8 Å². The number of allylic oxidation sites excluding steroid dienone is 1. The fourth-order valence-corrected chi connectivity index (χ4v) is 4.36. The third-order valence-electron chi connectivity index (χ3n) is 2.56. The van der Waals surface area contributed by atoms with E-state index < -0.39 is 0 Å². The smallest absolute Gasteiger partial charge is 0.0706 e. The predicted molar refractivity (Wildman–Crippen MR) is 70.0 cm³/mol. The summed E-state index contributed by atoms with van der Waals surface area (Å²) in [5.41, 5.74) is 2.93. The number of thioether (sulfide) groups is 2. The van der Waals surface area contributed by atoms with E-state index in [0.29, 0.717) is 6.04 Å². The Balaban J connectivity index is 2.47. The maximum atomic E-state index is 3.61. The SMILES string of the molecule is CCSC(SCC)[C@@H]1CC(C)=C(C)N1. The van der Waals surface area contributed by atoms with Crippen molar-refractivity contribution in [1.29, 1.82) is 0 Å². The minimum atomic E-state index is 0.657. The van der Waals surface area contributed by atoms with E-state index in [0.717, 1.165) is 4.58 Å². The van der Waals surface area contributed by atoms with Gasteiger partial charge in [0.15, 0.2) is 0 Å². The number of nitrogens with one attached hydrogen (secondary N) is 1. The number of hydrogen-bond acceptors (Lipinski definition) is 3. The molecule has 14 heavy (non-hydrogen) atoms. The highest BCUT2D eigenvalue weighted by atomic mass is 32.2. The molecule has 0 fully saturated rings. The summed E-state index contributed by atoms with van der Waals surface area (Å²) < 4.78 is 0.720. The van der Waals surface area contributed by atoms with Crippen LogP contribution in [-0.2, 0) is 0 Å². The summed E-state index contributed by atoms with van der Waals surface area (Å²) in [5.74, 6) is 2.43. The van der Waals surface area contributed by atoms with Crippen molar-refractivity contribution >= 4 is 23.5 Å². The van der Waals surface area contributed by atoms with Crippen molar-refractivity contribution in [2.45, 2.75) is 44.7 Å². The van der Waals surface area contributed by atoms with E-state index in [4.69, 9.17) is 0 Å². The van der Waals surface area contributed by atoms with Crippen molar-refractivity contribution in [3.8, 4) is 0 Å². The van der Waals surface area contributed by atoms with Crippen LogP contribution in [0.4, 0.5) is 0 Å². The molecule has 0 aliphatic carbocycles. The van der Waals surface area contributed by atoms with E-state index in [9.17, 15) is 0 Å². The summed E-state index contributed by atoms with van der Waals surface area (Å²) in [5, 5.41) is 3.61. The lowest BCUT2D eigenvalue weighted by atomic mass is 10.2. The van der Waals surface area contributed by atoms with Crippen molar-refractivity contribution in [3.05, 3.63) is 11.3 Å². The Bertz CT molecular complexity index is 193. The van der Waals surface area contributed by atoms with Crippen LogP contribution in [0.1, 0.15) is 34.1 Å². The first-order chi connectivity index (χ1) is 6.69. The first kappa shape index (κ1) is 12.3. The molecule has 0 aromatic rings. The van der Waals surface area contributed by atoms with Gasteiger partial charge < -0.3 is 5.32 Å². The van der Waals surface area contributed by atoms with Gasteiger partial charge in [-0.25, -0.2) is 0 Å². The lowest BCUT2D eigenvalue weighted by molar-refractivity contribution is 0.656. The lowest BCUT2D eigenvalue weighted by Crippen LogP contribution is -2.31. The van der Waals surface area contributed by atoms with E-state index >= 15 is 0 Å². The van der Waals surface area contributed by atoms with Crippen LogP contribution < -0.4 is 5.32 Å². The summed E-state index contributed by atoms with van der Waals surface area (Å²) in [6, 6.07) is 0.657. The quantitative estimate of drug-likeness (QED) is 0.728. The zero-order valence-electron chi connectivity index (χ0n) is 9.59. The lowest BCUT2D eigenvalue weighted by Gasteiger charge is -2.23. The largest absolute Gasteiger partial charge is 0.384 e. The van der Waals surface area contributed by atoms with Gasteiger partial charge in [-0.15, -0.1) is 23.5 Å². The zero-order chi connectivity index (χ0) is 10.6. The highest BCUT2D eigenvalue weighted by Gasteiger charge is 2.26. The molecule has 82 valence electrons. The summed E-state index contributed by atoms with van der Waals surface area (Å²) in [6.07, 6.45) is 1.23. The molecule has 1 atom stereocenters. The molecule has 1 N–H and O–H groups in total. The van der Waals surface area contributed by atoms with Gasteiger partial charge >= 0.3 is 0 Å². The molecular formula is C11H21NS2. The molecule has 0 unspecified atom stereocenters. The molecule has 1 aliphatic rings. The van der Waals surface area contributed by atoms with E-state index in [2.05, 4.69) is 56.5 Å². The predicted octanol–water partition coefficient (Wildman–Crippen LogP) is 3.47. The van der Waals surface area contributed by atoms with E-state index in [1.165, 1.54) is 29.2 Å². The van der Waals surface area contributed by atoms with Gasteiger partial charge in [0, 0.05) is 5.70 Å². The van der Waals surface area contributed by atoms with Crippen molar-refractivity contribution in [2.75, 3.05) is 11.5 Å². The highest BCUT2D eigenvalue weighted by molar-refractivity contribution is 8.17. The fraction of sp³-hybridized carbons (Fsp3) is 0.818. The maximum absolute atomic E-state index is 3.61.